The monoisotopic (exact) mass is 350 g/mol. The van der Waals surface area contributed by atoms with E-state index < -0.39 is 40.4 Å². The lowest BCUT2D eigenvalue weighted by molar-refractivity contribution is -0.346. The smallest absolute Gasteiger partial charge is 0.333 e. The van der Waals surface area contributed by atoms with E-state index in [0.717, 1.165) is 12.8 Å². The zero-order valence-corrected chi connectivity index (χ0v) is 14.9. The zero-order valence-electron chi connectivity index (χ0n) is 14.9. The number of hydrogen-bond acceptors (Lipinski definition) is 6. The maximum absolute atomic E-state index is 12.2. The Labute approximate surface area is 147 Å². The van der Waals surface area contributed by atoms with E-state index in [1.54, 1.807) is 13.0 Å². The van der Waals surface area contributed by atoms with Gasteiger partial charge in [0.25, 0.3) is 5.79 Å². The third kappa shape index (κ3) is 1.81. The van der Waals surface area contributed by atoms with E-state index in [-0.39, 0.29) is 6.61 Å². The van der Waals surface area contributed by atoms with E-state index in [1.165, 1.54) is 11.6 Å². The van der Waals surface area contributed by atoms with Gasteiger partial charge >= 0.3 is 5.97 Å². The normalized spacial score (nSPS) is 50.7. The fourth-order valence-corrected chi connectivity index (χ4v) is 5.54. The van der Waals surface area contributed by atoms with Crippen LogP contribution in [0.25, 0.3) is 0 Å². The number of allylic oxidation sites excluding steroid dienone is 2. The highest BCUT2D eigenvalue weighted by molar-refractivity contribution is 5.82. The molecule has 0 unspecified atom stereocenters. The first-order chi connectivity index (χ1) is 11.8. The maximum atomic E-state index is 12.2. The molecule has 6 nitrogen and oxygen atoms in total. The molecule has 1 saturated carbocycles. The van der Waals surface area contributed by atoms with Crippen LogP contribution in [-0.2, 0) is 19.0 Å². The molecule has 0 amide bonds. The van der Waals surface area contributed by atoms with Crippen LogP contribution in [0, 0.1) is 10.8 Å². The van der Waals surface area contributed by atoms with E-state index in [9.17, 15) is 15.0 Å². The highest BCUT2D eigenvalue weighted by Gasteiger charge is 2.89. The van der Waals surface area contributed by atoms with Crippen molar-refractivity contribution in [3.63, 3.8) is 0 Å². The van der Waals surface area contributed by atoms with Gasteiger partial charge in [0.15, 0.2) is 5.60 Å². The Morgan fingerprint density at radius 3 is 2.84 bits per heavy atom. The molecule has 6 heteroatoms. The summed E-state index contributed by atoms with van der Waals surface area (Å²) in [6, 6.07) is 0. The first kappa shape index (κ1) is 17.2. The van der Waals surface area contributed by atoms with E-state index >= 15 is 0 Å². The first-order valence-electron chi connectivity index (χ1n) is 8.94. The summed E-state index contributed by atoms with van der Waals surface area (Å²) in [7, 11) is 0. The molecule has 138 valence electrons. The third-order valence-corrected chi connectivity index (χ3v) is 7.11. The Kier molecular flexibility index (Phi) is 3.55. The molecule has 4 aliphatic rings. The van der Waals surface area contributed by atoms with Gasteiger partial charge in [0.2, 0.25) is 0 Å². The van der Waals surface area contributed by atoms with Gasteiger partial charge in [-0.2, -0.15) is 0 Å². The van der Waals surface area contributed by atoms with Crippen molar-refractivity contribution in [2.75, 3.05) is 13.2 Å². The molecule has 3 fully saturated rings. The number of hydrogen-bond donors (Lipinski definition) is 2. The fraction of sp³-hybridized carbons (Fsp3) is 0.737. The molecule has 0 aromatic heterocycles. The minimum absolute atomic E-state index is 0.0608. The van der Waals surface area contributed by atoms with Gasteiger partial charge in [0.1, 0.15) is 6.10 Å². The van der Waals surface area contributed by atoms with Crippen LogP contribution in [0.3, 0.4) is 0 Å². The van der Waals surface area contributed by atoms with Gasteiger partial charge in [0.05, 0.1) is 19.3 Å². The standard InChI is InChI=1S/C19H26O6/c1-4-5-15(22)25-19-13(21)9-16(3,18(19)11-23-18)17(10-20)7-6-12(2)8-14(17)24-19/h4-5,8,13-14,20-21H,6-7,9-11H2,1-3H3/b5-4+/t13-,14-,16-,17-,18-,19+/m1/s1. The molecule has 2 N–H and O–H groups in total. The quantitative estimate of drug-likeness (QED) is 0.347. The molecule has 6 atom stereocenters. The van der Waals surface area contributed by atoms with Crippen LogP contribution < -0.4 is 0 Å². The van der Waals surface area contributed by atoms with Gasteiger partial charge in [-0.1, -0.05) is 24.6 Å². The molecular formula is C19H26O6. The van der Waals surface area contributed by atoms with Crippen molar-refractivity contribution in [2.45, 2.75) is 63.6 Å². The number of epoxide rings is 1. The Hall–Kier alpha value is -1.21. The third-order valence-electron chi connectivity index (χ3n) is 7.11. The van der Waals surface area contributed by atoms with Crippen LogP contribution in [0.5, 0.6) is 0 Å². The lowest BCUT2D eigenvalue weighted by Crippen LogP contribution is -2.70. The van der Waals surface area contributed by atoms with Gasteiger partial charge < -0.3 is 24.4 Å². The van der Waals surface area contributed by atoms with Gasteiger partial charge in [-0.25, -0.2) is 4.79 Å². The second kappa shape index (κ2) is 5.16. The van der Waals surface area contributed by atoms with Crippen molar-refractivity contribution < 1.29 is 29.2 Å². The zero-order chi connectivity index (χ0) is 18.1. The molecule has 2 saturated heterocycles. The van der Waals surface area contributed by atoms with Gasteiger partial charge in [-0.05, 0) is 33.1 Å². The molecule has 0 radical (unpaired) electrons. The Bertz CT molecular complexity index is 665. The summed E-state index contributed by atoms with van der Waals surface area (Å²) in [5.74, 6) is -2.09. The number of aliphatic hydroxyl groups is 2. The van der Waals surface area contributed by atoms with Crippen LogP contribution in [0.4, 0.5) is 0 Å². The van der Waals surface area contributed by atoms with Crippen LogP contribution >= 0.6 is 0 Å². The summed E-state index contributed by atoms with van der Waals surface area (Å²) in [6.07, 6.45) is 5.46. The average Bonchev–Trinajstić information content (AvgIpc) is 3.33. The van der Waals surface area contributed by atoms with Crippen LogP contribution in [0.1, 0.15) is 40.0 Å². The van der Waals surface area contributed by atoms with Crippen molar-refractivity contribution in [2.24, 2.45) is 10.8 Å². The van der Waals surface area contributed by atoms with Gasteiger partial charge in [0, 0.05) is 16.9 Å². The highest BCUT2D eigenvalue weighted by Crippen LogP contribution is 2.75. The first-order valence-corrected chi connectivity index (χ1v) is 8.94. The lowest BCUT2D eigenvalue weighted by Gasteiger charge is -2.59. The summed E-state index contributed by atoms with van der Waals surface area (Å²) < 4.78 is 17.9. The molecule has 1 spiro atoms. The van der Waals surface area contributed by atoms with Crippen molar-refractivity contribution in [3.8, 4) is 0 Å². The van der Waals surface area contributed by atoms with E-state index in [0.29, 0.717) is 13.0 Å². The van der Waals surface area contributed by atoms with Crippen LogP contribution in [0.15, 0.2) is 23.8 Å². The molecule has 2 aliphatic heterocycles. The van der Waals surface area contributed by atoms with Crippen molar-refractivity contribution in [1.29, 1.82) is 0 Å². The summed E-state index contributed by atoms with van der Waals surface area (Å²) >= 11 is 0. The van der Waals surface area contributed by atoms with Crippen LogP contribution in [0.2, 0.25) is 0 Å². The molecule has 4 rings (SSSR count). The minimum Gasteiger partial charge on any atom is -0.424 e. The van der Waals surface area contributed by atoms with E-state index in [4.69, 9.17) is 14.2 Å². The van der Waals surface area contributed by atoms with Crippen molar-refractivity contribution >= 4 is 5.97 Å². The molecule has 2 bridgehead atoms. The molecule has 25 heavy (non-hydrogen) atoms. The maximum Gasteiger partial charge on any atom is 0.333 e. The second-order valence-electron chi connectivity index (χ2n) is 8.12. The number of ether oxygens (including phenoxy) is 3. The Morgan fingerprint density at radius 1 is 1.52 bits per heavy atom. The minimum atomic E-state index is -1.53. The Morgan fingerprint density at radius 2 is 2.24 bits per heavy atom. The van der Waals surface area contributed by atoms with Crippen molar-refractivity contribution in [3.05, 3.63) is 23.8 Å². The molecule has 0 aromatic rings. The summed E-state index contributed by atoms with van der Waals surface area (Å²) in [5, 5.41) is 21.3. The number of aliphatic hydroxyl groups excluding tert-OH is 2. The average molecular weight is 350 g/mol. The summed E-state index contributed by atoms with van der Waals surface area (Å²) in [4.78, 5) is 12.2. The fourth-order valence-electron chi connectivity index (χ4n) is 5.54. The highest BCUT2D eigenvalue weighted by atomic mass is 16.8. The predicted molar refractivity (Wildman–Crippen MR) is 88.4 cm³/mol. The van der Waals surface area contributed by atoms with Crippen LogP contribution in [-0.4, -0.2) is 53.0 Å². The number of carbonyl (C=O) groups is 1. The number of rotatable bonds is 3. The summed E-state index contributed by atoms with van der Waals surface area (Å²) in [5.41, 5.74) is -0.842. The SMILES string of the molecule is C/C=C/C(=O)O[C@@]12O[C@@H]3C=C(C)CC[C@]3(CO)[C@@](C)(C[C@H]1O)[C@]21CO1. The van der Waals surface area contributed by atoms with E-state index in [2.05, 4.69) is 0 Å². The van der Waals surface area contributed by atoms with E-state index in [1.807, 2.05) is 19.9 Å². The topological polar surface area (TPSA) is 88.5 Å². The van der Waals surface area contributed by atoms with Gasteiger partial charge in [-0.15, -0.1) is 0 Å². The predicted octanol–water partition coefficient (Wildman–Crippen LogP) is 1.46. The number of carbonyl (C=O) groups excluding carboxylic acids is 1. The Balaban J connectivity index is 1.85. The second-order valence-corrected chi connectivity index (χ2v) is 8.12. The largest absolute Gasteiger partial charge is 0.424 e. The molecule has 2 aliphatic carbocycles. The molecule has 0 aromatic carbocycles. The van der Waals surface area contributed by atoms with Gasteiger partial charge in [-0.3, -0.25) is 0 Å². The summed E-state index contributed by atoms with van der Waals surface area (Å²) in [6.45, 7) is 6.08. The van der Waals surface area contributed by atoms with Crippen molar-refractivity contribution in [1.82, 2.24) is 0 Å². The number of esters is 1. The lowest BCUT2D eigenvalue weighted by atomic mass is 9.52. The molecular weight excluding hydrogens is 324 g/mol. The molecule has 2 heterocycles. The number of fused-ring (bicyclic) bond motifs is 2.